The summed E-state index contributed by atoms with van der Waals surface area (Å²) >= 11 is 0. The van der Waals surface area contributed by atoms with E-state index < -0.39 is 0 Å². The van der Waals surface area contributed by atoms with Crippen molar-refractivity contribution in [2.24, 2.45) is 11.7 Å². The van der Waals surface area contributed by atoms with Crippen molar-refractivity contribution >= 4 is 11.7 Å². The molecule has 5 heteroatoms. The van der Waals surface area contributed by atoms with E-state index in [1.54, 1.807) is 6.92 Å². The van der Waals surface area contributed by atoms with Crippen molar-refractivity contribution in [1.29, 1.82) is 0 Å². The summed E-state index contributed by atoms with van der Waals surface area (Å²) in [6.45, 7) is 6.24. The van der Waals surface area contributed by atoms with Gasteiger partial charge in [0.1, 0.15) is 0 Å². The van der Waals surface area contributed by atoms with E-state index in [0.29, 0.717) is 18.3 Å². The van der Waals surface area contributed by atoms with Crippen LogP contribution >= 0.6 is 0 Å². The number of nitrogens with two attached hydrogens (primary N) is 1. The normalized spacial score (nSPS) is 12.9. The summed E-state index contributed by atoms with van der Waals surface area (Å²) in [6, 6.07) is 1.84. The minimum absolute atomic E-state index is 0.0979. The third-order valence-corrected chi connectivity index (χ3v) is 2.27. The molecule has 84 valence electrons. The topological polar surface area (TPSA) is 83.8 Å². The number of H-pyrrole nitrogens is 1. The predicted molar refractivity (Wildman–Crippen MR) is 59.5 cm³/mol. The van der Waals surface area contributed by atoms with Crippen LogP contribution in [0.4, 0.5) is 5.82 Å². The maximum atomic E-state index is 11.5. The molecule has 0 aliphatic rings. The highest BCUT2D eigenvalue weighted by Gasteiger charge is 2.12. The second-order valence-corrected chi connectivity index (χ2v) is 3.99. The van der Waals surface area contributed by atoms with Gasteiger partial charge in [-0.2, -0.15) is 5.10 Å². The zero-order valence-corrected chi connectivity index (χ0v) is 9.37. The molecule has 1 amide bonds. The molecule has 0 aliphatic heterocycles. The Morgan fingerprint density at radius 2 is 2.27 bits per heavy atom. The van der Waals surface area contributed by atoms with Gasteiger partial charge in [-0.15, -0.1) is 0 Å². The molecule has 15 heavy (non-hydrogen) atoms. The van der Waals surface area contributed by atoms with Gasteiger partial charge in [0.05, 0.1) is 0 Å². The highest BCUT2D eigenvalue weighted by atomic mass is 16.1. The number of hydrogen-bond acceptors (Lipinski definition) is 3. The number of carbonyl (C=O) groups excluding carboxylic acids is 1. The number of nitrogens with zero attached hydrogens (tertiary/aromatic N) is 1. The first kappa shape index (κ1) is 11.7. The van der Waals surface area contributed by atoms with Crippen molar-refractivity contribution in [3.05, 3.63) is 11.8 Å². The SMILES string of the molecule is CC(CN)C(=O)Nc1cc(C(C)C)[nH]n1. The summed E-state index contributed by atoms with van der Waals surface area (Å²) < 4.78 is 0. The molecule has 1 aromatic heterocycles. The van der Waals surface area contributed by atoms with E-state index in [2.05, 4.69) is 29.4 Å². The van der Waals surface area contributed by atoms with E-state index in [1.807, 2.05) is 6.07 Å². The van der Waals surface area contributed by atoms with Crippen molar-refractivity contribution < 1.29 is 4.79 Å². The van der Waals surface area contributed by atoms with Crippen LogP contribution in [0.3, 0.4) is 0 Å². The molecule has 0 saturated carbocycles. The van der Waals surface area contributed by atoms with E-state index in [0.717, 1.165) is 5.69 Å². The molecule has 0 aromatic carbocycles. The Balaban J connectivity index is 2.61. The lowest BCUT2D eigenvalue weighted by atomic mass is 10.1. The molecule has 1 rings (SSSR count). The number of aromatic nitrogens is 2. The van der Waals surface area contributed by atoms with Gasteiger partial charge in [-0.1, -0.05) is 20.8 Å². The molecule has 0 saturated heterocycles. The van der Waals surface area contributed by atoms with Crippen molar-refractivity contribution in [3.63, 3.8) is 0 Å². The third kappa shape index (κ3) is 3.06. The van der Waals surface area contributed by atoms with Crippen LogP contribution in [0.2, 0.25) is 0 Å². The smallest absolute Gasteiger partial charge is 0.229 e. The Morgan fingerprint density at radius 1 is 1.60 bits per heavy atom. The Labute approximate surface area is 89.4 Å². The zero-order valence-electron chi connectivity index (χ0n) is 9.37. The lowest BCUT2D eigenvalue weighted by molar-refractivity contribution is -0.119. The van der Waals surface area contributed by atoms with Crippen molar-refractivity contribution in [3.8, 4) is 0 Å². The lowest BCUT2D eigenvalue weighted by Crippen LogP contribution is -2.26. The van der Waals surface area contributed by atoms with E-state index in [9.17, 15) is 4.79 Å². The Bertz CT molecular complexity index is 332. The van der Waals surface area contributed by atoms with E-state index in [-0.39, 0.29) is 11.8 Å². The zero-order chi connectivity index (χ0) is 11.4. The average molecular weight is 210 g/mol. The van der Waals surface area contributed by atoms with Crippen LogP contribution in [0.1, 0.15) is 32.4 Å². The molecule has 1 aromatic rings. The molecular formula is C10H18N4O. The number of anilines is 1. The van der Waals surface area contributed by atoms with Gasteiger partial charge in [-0.3, -0.25) is 9.89 Å². The van der Waals surface area contributed by atoms with Gasteiger partial charge in [0, 0.05) is 24.2 Å². The van der Waals surface area contributed by atoms with Gasteiger partial charge in [-0.25, -0.2) is 0 Å². The highest BCUT2D eigenvalue weighted by molar-refractivity contribution is 5.91. The first-order chi connectivity index (χ1) is 7.04. The largest absolute Gasteiger partial charge is 0.330 e. The van der Waals surface area contributed by atoms with Crippen LogP contribution in [0.15, 0.2) is 6.07 Å². The quantitative estimate of drug-likeness (QED) is 0.695. The molecule has 4 N–H and O–H groups in total. The van der Waals surface area contributed by atoms with Gasteiger partial charge in [-0.05, 0) is 5.92 Å². The number of rotatable bonds is 4. The van der Waals surface area contributed by atoms with Crippen LogP contribution in [0, 0.1) is 5.92 Å². The maximum Gasteiger partial charge on any atom is 0.229 e. The van der Waals surface area contributed by atoms with E-state index in [4.69, 9.17) is 5.73 Å². The fourth-order valence-electron chi connectivity index (χ4n) is 1.05. The first-order valence-corrected chi connectivity index (χ1v) is 5.10. The third-order valence-electron chi connectivity index (χ3n) is 2.27. The summed E-state index contributed by atoms with van der Waals surface area (Å²) in [6.07, 6.45) is 0. The minimum Gasteiger partial charge on any atom is -0.330 e. The van der Waals surface area contributed by atoms with Crippen LogP contribution in [-0.2, 0) is 4.79 Å². The van der Waals surface area contributed by atoms with E-state index >= 15 is 0 Å². The Hall–Kier alpha value is -1.36. The van der Waals surface area contributed by atoms with E-state index in [1.165, 1.54) is 0 Å². The summed E-state index contributed by atoms with van der Waals surface area (Å²) in [5.74, 6) is 0.641. The maximum absolute atomic E-state index is 11.5. The number of hydrogen-bond donors (Lipinski definition) is 3. The van der Waals surface area contributed by atoms with Crippen molar-refractivity contribution in [2.75, 3.05) is 11.9 Å². The summed E-state index contributed by atoms with van der Waals surface area (Å²) in [7, 11) is 0. The molecule has 1 unspecified atom stereocenters. The number of amides is 1. The Morgan fingerprint density at radius 3 is 2.73 bits per heavy atom. The summed E-state index contributed by atoms with van der Waals surface area (Å²) in [5.41, 5.74) is 6.40. The van der Waals surface area contributed by atoms with Crippen molar-refractivity contribution in [2.45, 2.75) is 26.7 Å². The number of carbonyl (C=O) groups is 1. The molecular weight excluding hydrogens is 192 g/mol. The molecule has 1 heterocycles. The van der Waals surface area contributed by atoms with Gasteiger partial charge < -0.3 is 11.1 Å². The molecule has 1 atom stereocenters. The first-order valence-electron chi connectivity index (χ1n) is 5.10. The number of nitrogens with one attached hydrogen (secondary N) is 2. The second kappa shape index (κ2) is 4.93. The molecule has 5 nitrogen and oxygen atoms in total. The monoisotopic (exact) mass is 210 g/mol. The molecule has 0 bridgehead atoms. The molecule has 0 spiro atoms. The fraction of sp³-hybridized carbons (Fsp3) is 0.600. The average Bonchev–Trinajstić information content (AvgIpc) is 2.65. The van der Waals surface area contributed by atoms with Crippen LogP contribution in [-0.4, -0.2) is 22.6 Å². The van der Waals surface area contributed by atoms with Gasteiger partial charge in [0.2, 0.25) is 5.91 Å². The second-order valence-electron chi connectivity index (χ2n) is 3.99. The van der Waals surface area contributed by atoms with Crippen molar-refractivity contribution in [1.82, 2.24) is 10.2 Å². The predicted octanol–water partition coefficient (Wildman–Crippen LogP) is 1.07. The van der Waals surface area contributed by atoms with Gasteiger partial charge in [0.15, 0.2) is 5.82 Å². The number of aromatic amines is 1. The molecule has 0 fully saturated rings. The standard InChI is InChI=1S/C10H18N4O/c1-6(2)8-4-9(14-13-8)12-10(15)7(3)5-11/h4,6-7H,5,11H2,1-3H3,(H2,12,13,14,15). The highest BCUT2D eigenvalue weighted by Crippen LogP contribution is 2.15. The van der Waals surface area contributed by atoms with Gasteiger partial charge in [0.25, 0.3) is 0 Å². The molecule has 0 radical (unpaired) electrons. The van der Waals surface area contributed by atoms with Gasteiger partial charge >= 0.3 is 0 Å². The van der Waals surface area contributed by atoms with Crippen LogP contribution < -0.4 is 11.1 Å². The van der Waals surface area contributed by atoms with Crippen LogP contribution in [0.5, 0.6) is 0 Å². The minimum atomic E-state index is -0.191. The summed E-state index contributed by atoms with van der Waals surface area (Å²) in [5, 5.41) is 9.57. The summed E-state index contributed by atoms with van der Waals surface area (Å²) in [4.78, 5) is 11.5. The fourth-order valence-corrected chi connectivity index (χ4v) is 1.05. The molecule has 0 aliphatic carbocycles. The Kier molecular flexibility index (Phi) is 3.85. The lowest BCUT2D eigenvalue weighted by Gasteiger charge is -2.06. The van der Waals surface area contributed by atoms with Crippen LogP contribution in [0.25, 0.3) is 0 Å².